The third-order valence-electron chi connectivity index (χ3n) is 3.07. The zero-order chi connectivity index (χ0) is 15.2. The first-order valence-electron chi connectivity index (χ1n) is 6.70. The van der Waals surface area contributed by atoms with Gasteiger partial charge in [0.15, 0.2) is 5.69 Å². The molecule has 0 fully saturated rings. The summed E-state index contributed by atoms with van der Waals surface area (Å²) in [6.45, 7) is 0.456. The Hall–Kier alpha value is -3.26. The molecule has 2 heterocycles. The number of nitriles is 1. The van der Waals surface area contributed by atoms with E-state index >= 15 is 0 Å². The highest BCUT2D eigenvalue weighted by Crippen LogP contribution is 2.20. The Morgan fingerprint density at radius 3 is 2.55 bits per heavy atom. The monoisotopic (exact) mass is 288 g/mol. The minimum atomic E-state index is 0.321. The number of pyridine rings is 1. The van der Waals surface area contributed by atoms with Crippen molar-refractivity contribution in [3.05, 3.63) is 72.4 Å². The van der Waals surface area contributed by atoms with Crippen molar-refractivity contribution in [2.45, 2.75) is 6.61 Å². The highest BCUT2D eigenvalue weighted by atomic mass is 16.5. The molecule has 3 rings (SSSR count). The predicted molar refractivity (Wildman–Crippen MR) is 80.8 cm³/mol. The second kappa shape index (κ2) is 6.46. The number of ether oxygens (including phenoxy) is 1. The lowest BCUT2D eigenvalue weighted by atomic mass is 10.1. The molecular weight excluding hydrogens is 276 g/mol. The van der Waals surface area contributed by atoms with E-state index in [0.29, 0.717) is 18.0 Å². The summed E-state index contributed by atoms with van der Waals surface area (Å²) < 4.78 is 5.64. The van der Waals surface area contributed by atoms with Crippen LogP contribution in [0.25, 0.3) is 11.3 Å². The van der Waals surface area contributed by atoms with Gasteiger partial charge in [0.25, 0.3) is 0 Å². The average molecular weight is 288 g/mol. The van der Waals surface area contributed by atoms with E-state index in [1.165, 1.54) is 6.20 Å². The lowest BCUT2D eigenvalue weighted by Crippen LogP contribution is -1.96. The minimum Gasteiger partial charge on any atom is -0.487 e. The molecule has 0 radical (unpaired) electrons. The number of benzene rings is 1. The van der Waals surface area contributed by atoms with Crippen LogP contribution in [-0.2, 0) is 6.61 Å². The predicted octanol–water partition coefficient (Wildman–Crippen LogP) is 2.99. The van der Waals surface area contributed by atoms with E-state index in [9.17, 15) is 0 Å². The summed E-state index contributed by atoms with van der Waals surface area (Å²) in [6.07, 6.45) is 6.47. The van der Waals surface area contributed by atoms with Crippen molar-refractivity contribution in [2.75, 3.05) is 0 Å². The summed E-state index contributed by atoms with van der Waals surface area (Å²) in [5.74, 6) is 0.729. The van der Waals surface area contributed by atoms with Gasteiger partial charge in [-0.3, -0.25) is 9.97 Å². The van der Waals surface area contributed by atoms with Gasteiger partial charge in [-0.05, 0) is 17.7 Å². The van der Waals surface area contributed by atoms with E-state index in [4.69, 9.17) is 10.00 Å². The van der Waals surface area contributed by atoms with Gasteiger partial charge in [0.2, 0.25) is 0 Å². The molecule has 1 aromatic carbocycles. The van der Waals surface area contributed by atoms with E-state index in [-0.39, 0.29) is 0 Å². The fourth-order valence-electron chi connectivity index (χ4n) is 1.99. The van der Waals surface area contributed by atoms with Gasteiger partial charge in [0, 0.05) is 24.2 Å². The lowest BCUT2D eigenvalue weighted by Gasteiger charge is -2.07. The number of aromatic nitrogens is 3. The molecule has 5 nitrogen and oxygen atoms in total. The second-order valence-corrected chi connectivity index (χ2v) is 4.54. The summed E-state index contributed by atoms with van der Waals surface area (Å²) in [5, 5.41) is 9.07. The van der Waals surface area contributed by atoms with Gasteiger partial charge >= 0.3 is 0 Å². The fourth-order valence-corrected chi connectivity index (χ4v) is 1.99. The number of hydrogen-bond donors (Lipinski definition) is 0. The first-order valence-corrected chi connectivity index (χ1v) is 6.70. The van der Waals surface area contributed by atoms with Crippen LogP contribution in [0, 0.1) is 11.3 Å². The smallest absolute Gasteiger partial charge is 0.166 e. The largest absolute Gasteiger partial charge is 0.487 e. The minimum absolute atomic E-state index is 0.321. The van der Waals surface area contributed by atoms with Crippen molar-refractivity contribution in [3.8, 4) is 23.1 Å². The Morgan fingerprint density at radius 2 is 1.82 bits per heavy atom. The van der Waals surface area contributed by atoms with Crippen LogP contribution in [0.15, 0.2) is 61.2 Å². The maximum absolute atomic E-state index is 9.07. The van der Waals surface area contributed by atoms with Crippen molar-refractivity contribution in [3.63, 3.8) is 0 Å². The first kappa shape index (κ1) is 13.7. The molecule has 0 N–H and O–H groups in total. The molecule has 0 bridgehead atoms. The lowest BCUT2D eigenvalue weighted by molar-refractivity contribution is 0.305. The molecule has 0 spiro atoms. The normalized spacial score (nSPS) is 9.95. The quantitative estimate of drug-likeness (QED) is 0.738. The topological polar surface area (TPSA) is 71.7 Å². The molecule has 22 heavy (non-hydrogen) atoms. The highest BCUT2D eigenvalue weighted by molar-refractivity contribution is 5.64. The second-order valence-electron chi connectivity index (χ2n) is 4.54. The molecule has 0 unspecified atom stereocenters. The maximum atomic E-state index is 9.07. The Labute approximate surface area is 127 Å². The Balaban J connectivity index is 1.74. The molecule has 5 heteroatoms. The van der Waals surface area contributed by atoms with Crippen molar-refractivity contribution < 1.29 is 4.74 Å². The van der Waals surface area contributed by atoms with Crippen LogP contribution >= 0.6 is 0 Å². The van der Waals surface area contributed by atoms with Gasteiger partial charge in [-0.2, -0.15) is 5.26 Å². The van der Waals surface area contributed by atoms with Crippen molar-refractivity contribution in [2.24, 2.45) is 0 Å². The van der Waals surface area contributed by atoms with Crippen LogP contribution in [0.3, 0.4) is 0 Å². The van der Waals surface area contributed by atoms with E-state index in [1.54, 1.807) is 18.6 Å². The van der Waals surface area contributed by atoms with Crippen LogP contribution in [-0.4, -0.2) is 15.0 Å². The molecule has 0 aliphatic rings. The molecule has 0 aliphatic heterocycles. The van der Waals surface area contributed by atoms with Crippen LogP contribution in [0.1, 0.15) is 11.3 Å². The van der Waals surface area contributed by atoms with Gasteiger partial charge in [-0.15, -0.1) is 0 Å². The molecule has 0 aliphatic carbocycles. The summed E-state index contributed by atoms with van der Waals surface area (Å²) in [5.41, 5.74) is 2.79. The fraction of sp³-hybridized carbons (Fsp3) is 0.0588. The molecule has 0 saturated heterocycles. The SMILES string of the molecule is N#Cc1nccnc1-c1ccc(COc2cccnc2)cc1. The standard InChI is InChI=1S/C17H12N4O/c18-10-16-17(21-9-8-20-16)14-5-3-13(4-6-14)12-22-15-2-1-7-19-11-15/h1-9,11H,12H2. The van der Waals surface area contributed by atoms with E-state index in [2.05, 4.69) is 21.0 Å². The molecule has 0 atom stereocenters. The van der Waals surface area contributed by atoms with Crippen LogP contribution in [0.2, 0.25) is 0 Å². The zero-order valence-corrected chi connectivity index (χ0v) is 11.7. The zero-order valence-electron chi connectivity index (χ0n) is 11.7. The van der Waals surface area contributed by atoms with E-state index in [0.717, 1.165) is 16.9 Å². The molecule has 2 aromatic heterocycles. The Morgan fingerprint density at radius 1 is 1.00 bits per heavy atom. The summed E-state index contributed by atoms with van der Waals surface area (Å²) in [6, 6.07) is 13.5. The van der Waals surface area contributed by atoms with Crippen molar-refractivity contribution in [1.82, 2.24) is 15.0 Å². The maximum Gasteiger partial charge on any atom is 0.166 e. The van der Waals surface area contributed by atoms with Gasteiger partial charge in [0.1, 0.15) is 24.1 Å². The van der Waals surface area contributed by atoms with E-state index < -0.39 is 0 Å². The van der Waals surface area contributed by atoms with Gasteiger partial charge in [-0.1, -0.05) is 24.3 Å². The molecule has 106 valence electrons. The van der Waals surface area contributed by atoms with Crippen molar-refractivity contribution in [1.29, 1.82) is 5.26 Å². The summed E-state index contributed by atoms with van der Waals surface area (Å²) in [7, 11) is 0. The third kappa shape index (κ3) is 3.07. The van der Waals surface area contributed by atoms with Crippen molar-refractivity contribution >= 4 is 0 Å². The van der Waals surface area contributed by atoms with Gasteiger partial charge in [0.05, 0.1) is 6.20 Å². The Bertz CT molecular complexity index is 795. The van der Waals surface area contributed by atoms with Crippen LogP contribution in [0.5, 0.6) is 5.75 Å². The van der Waals surface area contributed by atoms with Gasteiger partial charge in [-0.25, -0.2) is 4.98 Å². The molecule has 0 amide bonds. The first-order chi connectivity index (χ1) is 10.9. The number of hydrogen-bond acceptors (Lipinski definition) is 5. The highest BCUT2D eigenvalue weighted by Gasteiger charge is 2.07. The third-order valence-corrected chi connectivity index (χ3v) is 3.07. The summed E-state index contributed by atoms with van der Waals surface area (Å²) in [4.78, 5) is 12.2. The molecular formula is C17H12N4O. The molecule has 3 aromatic rings. The molecule has 0 saturated carbocycles. The van der Waals surface area contributed by atoms with E-state index in [1.807, 2.05) is 36.4 Å². The Kier molecular flexibility index (Phi) is 4.03. The number of nitrogens with zero attached hydrogens (tertiary/aromatic N) is 4. The van der Waals surface area contributed by atoms with Crippen LogP contribution in [0.4, 0.5) is 0 Å². The van der Waals surface area contributed by atoms with Crippen LogP contribution < -0.4 is 4.74 Å². The number of rotatable bonds is 4. The average Bonchev–Trinajstić information content (AvgIpc) is 2.61. The van der Waals surface area contributed by atoms with Gasteiger partial charge < -0.3 is 4.74 Å². The summed E-state index contributed by atoms with van der Waals surface area (Å²) >= 11 is 0.